The zero-order chi connectivity index (χ0) is 19.2. The molecule has 1 aliphatic rings. The zero-order valence-electron chi connectivity index (χ0n) is 16.0. The summed E-state index contributed by atoms with van der Waals surface area (Å²) in [5.41, 5.74) is 4.89. The highest BCUT2D eigenvalue weighted by Crippen LogP contribution is 2.38. The van der Waals surface area contributed by atoms with E-state index >= 15 is 0 Å². The third-order valence-corrected chi connectivity index (χ3v) is 4.89. The molecule has 0 fully saturated rings. The van der Waals surface area contributed by atoms with Gasteiger partial charge in [0.2, 0.25) is 0 Å². The number of phenolic OH excluding ortho intramolecular Hbond substituents is 2. The quantitative estimate of drug-likeness (QED) is 0.730. The van der Waals surface area contributed by atoms with Gasteiger partial charge in [-0.05, 0) is 74.4 Å². The van der Waals surface area contributed by atoms with Crippen molar-refractivity contribution in [1.29, 1.82) is 0 Å². The Kier molecular flexibility index (Phi) is 6.15. The first-order valence-electron chi connectivity index (χ1n) is 9.35. The Balaban J connectivity index is 2.06. The molecular weight excluding hydrogens is 334 g/mol. The molecule has 2 aromatic carbocycles. The third kappa shape index (κ3) is 4.89. The van der Waals surface area contributed by atoms with Crippen LogP contribution in [0, 0.1) is 0 Å². The van der Waals surface area contributed by atoms with Gasteiger partial charge in [-0.2, -0.15) is 0 Å². The average Bonchev–Trinajstić information content (AvgIpc) is 3.18. The van der Waals surface area contributed by atoms with E-state index in [-0.39, 0.29) is 17.4 Å². The number of benzene rings is 2. The summed E-state index contributed by atoms with van der Waals surface area (Å²) in [6.45, 7) is 1.03. The Morgan fingerprint density at radius 1 is 0.815 bits per heavy atom. The molecule has 2 aromatic rings. The van der Waals surface area contributed by atoms with Gasteiger partial charge in [-0.3, -0.25) is 0 Å². The summed E-state index contributed by atoms with van der Waals surface area (Å²) >= 11 is 0. The second-order valence-electron chi connectivity index (χ2n) is 7.22. The molecular formula is C24H27NO2. The second kappa shape index (κ2) is 8.74. The van der Waals surface area contributed by atoms with E-state index in [1.54, 1.807) is 24.3 Å². The van der Waals surface area contributed by atoms with Crippen molar-refractivity contribution in [3.8, 4) is 11.5 Å². The van der Waals surface area contributed by atoms with Crippen molar-refractivity contribution in [3.05, 3.63) is 95.1 Å². The summed E-state index contributed by atoms with van der Waals surface area (Å²) < 4.78 is 0. The van der Waals surface area contributed by atoms with Gasteiger partial charge in [-0.1, -0.05) is 54.1 Å². The highest BCUT2D eigenvalue weighted by molar-refractivity contribution is 5.52. The molecule has 0 heterocycles. The topological polar surface area (TPSA) is 43.7 Å². The van der Waals surface area contributed by atoms with Crippen molar-refractivity contribution in [2.24, 2.45) is 0 Å². The van der Waals surface area contributed by atoms with E-state index in [4.69, 9.17) is 0 Å². The summed E-state index contributed by atoms with van der Waals surface area (Å²) in [6, 6.07) is 14.9. The molecule has 0 amide bonds. The van der Waals surface area contributed by atoms with E-state index in [9.17, 15) is 10.2 Å². The summed E-state index contributed by atoms with van der Waals surface area (Å²) in [6.07, 6.45) is 10.5. The van der Waals surface area contributed by atoms with Crippen molar-refractivity contribution in [2.75, 3.05) is 20.6 Å². The predicted molar refractivity (Wildman–Crippen MR) is 111 cm³/mol. The van der Waals surface area contributed by atoms with Gasteiger partial charge in [0.15, 0.2) is 0 Å². The first-order valence-corrected chi connectivity index (χ1v) is 9.35. The Hall–Kier alpha value is -2.78. The van der Waals surface area contributed by atoms with Crippen LogP contribution in [0.1, 0.15) is 29.9 Å². The molecule has 0 aromatic heterocycles. The van der Waals surface area contributed by atoms with Gasteiger partial charge < -0.3 is 15.1 Å². The zero-order valence-corrected chi connectivity index (χ0v) is 16.0. The van der Waals surface area contributed by atoms with Gasteiger partial charge in [0.1, 0.15) is 11.5 Å². The maximum Gasteiger partial charge on any atom is 0.115 e. The van der Waals surface area contributed by atoms with E-state index in [1.807, 2.05) is 24.3 Å². The number of hydrogen-bond acceptors (Lipinski definition) is 3. The number of allylic oxidation sites excluding steroid dienone is 6. The molecule has 0 radical (unpaired) electrons. The first kappa shape index (κ1) is 19.0. The second-order valence-corrected chi connectivity index (χ2v) is 7.22. The fourth-order valence-electron chi connectivity index (χ4n) is 3.56. The highest BCUT2D eigenvalue weighted by Gasteiger charge is 2.22. The number of hydrogen-bond donors (Lipinski definition) is 2. The van der Waals surface area contributed by atoms with Gasteiger partial charge >= 0.3 is 0 Å². The summed E-state index contributed by atoms with van der Waals surface area (Å²) in [5.74, 6) is 0.618. The van der Waals surface area contributed by atoms with Crippen molar-refractivity contribution < 1.29 is 10.2 Å². The maximum atomic E-state index is 9.73. The summed E-state index contributed by atoms with van der Waals surface area (Å²) in [7, 11) is 4.19. The molecule has 3 rings (SSSR count). The molecule has 0 spiro atoms. The van der Waals surface area contributed by atoms with Crippen LogP contribution in [-0.4, -0.2) is 35.8 Å². The molecule has 0 saturated carbocycles. The maximum absolute atomic E-state index is 9.73. The van der Waals surface area contributed by atoms with Crippen LogP contribution < -0.4 is 0 Å². The lowest BCUT2D eigenvalue weighted by Gasteiger charge is -2.24. The van der Waals surface area contributed by atoms with Crippen molar-refractivity contribution in [3.63, 3.8) is 0 Å². The molecule has 3 heteroatoms. The van der Waals surface area contributed by atoms with E-state index in [0.29, 0.717) is 0 Å². The summed E-state index contributed by atoms with van der Waals surface area (Å²) in [5, 5.41) is 19.5. The summed E-state index contributed by atoms with van der Waals surface area (Å²) in [4.78, 5) is 2.21. The van der Waals surface area contributed by atoms with Crippen LogP contribution in [0.5, 0.6) is 11.5 Å². The standard InChI is InChI=1S/C24H27NO2/c1-25(2)17-5-8-23(18-6-3-4-7-18)24(19-9-13-21(26)14-10-19)20-11-15-22(27)16-12-20/h3-4,6-7,9-16,24,26-27H,5,8,17H2,1-2H3. The van der Waals surface area contributed by atoms with Crippen molar-refractivity contribution >= 4 is 0 Å². The van der Waals surface area contributed by atoms with Gasteiger partial charge in [0.05, 0.1) is 0 Å². The molecule has 0 atom stereocenters. The first-order chi connectivity index (χ1) is 13.0. The number of nitrogens with zero attached hydrogens (tertiary/aromatic N) is 1. The number of rotatable bonds is 7. The van der Waals surface area contributed by atoms with E-state index in [1.165, 1.54) is 11.1 Å². The van der Waals surface area contributed by atoms with Crippen LogP contribution in [-0.2, 0) is 0 Å². The number of phenols is 2. The molecule has 2 N–H and O–H groups in total. The van der Waals surface area contributed by atoms with Gasteiger partial charge in [-0.25, -0.2) is 0 Å². The monoisotopic (exact) mass is 361 g/mol. The fraction of sp³-hybridized carbons (Fsp3) is 0.250. The van der Waals surface area contributed by atoms with Crippen LogP contribution in [0.3, 0.4) is 0 Å². The molecule has 3 nitrogen and oxygen atoms in total. The highest BCUT2D eigenvalue weighted by atomic mass is 16.3. The molecule has 0 bridgehead atoms. The van der Waals surface area contributed by atoms with E-state index in [0.717, 1.165) is 30.5 Å². The average molecular weight is 361 g/mol. The van der Waals surface area contributed by atoms with E-state index < -0.39 is 0 Å². The third-order valence-electron chi connectivity index (χ3n) is 4.89. The Morgan fingerprint density at radius 3 is 1.74 bits per heavy atom. The van der Waals surface area contributed by atoms with Gasteiger partial charge in [0, 0.05) is 5.92 Å². The Labute approximate surface area is 161 Å². The van der Waals surface area contributed by atoms with E-state index in [2.05, 4.69) is 43.3 Å². The molecule has 27 heavy (non-hydrogen) atoms. The van der Waals surface area contributed by atoms with Crippen LogP contribution in [0.15, 0.2) is 84.0 Å². The van der Waals surface area contributed by atoms with Crippen molar-refractivity contribution in [2.45, 2.75) is 18.8 Å². The van der Waals surface area contributed by atoms with Crippen LogP contribution in [0.2, 0.25) is 0 Å². The minimum Gasteiger partial charge on any atom is -0.508 e. The van der Waals surface area contributed by atoms with Gasteiger partial charge in [-0.15, -0.1) is 0 Å². The van der Waals surface area contributed by atoms with Gasteiger partial charge in [0.25, 0.3) is 0 Å². The minimum atomic E-state index is 0.0794. The van der Waals surface area contributed by atoms with Crippen LogP contribution in [0.4, 0.5) is 0 Å². The number of aromatic hydroxyl groups is 2. The Bertz CT molecular complexity index is 783. The smallest absolute Gasteiger partial charge is 0.115 e. The normalized spacial score (nSPS) is 13.1. The molecule has 1 aliphatic carbocycles. The SMILES string of the molecule is CN(C)CCCC(=C1C=CC=C1)C(c1ccc(O)cc1)c1ccc(O)cc1. The molecule has 0 unspecified atom stereocenters. The van der Waals surface area contributed by atoms with Crippen LogP contribution in [0.25, 0.3) is 0 Å². The molecule has 140 valence electrons. The lowest BCUT2D eigenvalue weighted by atomic mass is 9.80. The predicted octanol–water partition coefficient (Wildman–Crippen LogP) is 4.99. The minimum absolute atomic E-state index is 0.0794. The largest absolute Gasteiger partial charge is 0.508 e. The van der Waals surface area contributed by atoms with Crippen molar-refractivity contribution in [1.82, 2.24) is 4.90 Å². The Morgan fingerprint density at radius 2 is 1.30 bits per heavy atom. The lowest BCUT2D eigenvalue weighted by molar-refractivity contribution is 0.399. The lowest BCUT2D eigenvalue weighted by Crippen LogP contribution is -2.14. The molecule has 0 aliphatic heterocycles. The fourth-order valence-corrected chi connectivity index (χ4v) is 3.56. The van der Waals surface area contributed by atoms with Crippen LogP contribution >= 0.6 is 0 Å². The molecule has 0 saturated heterocycles.